The predicted octanol–water partition coefficient (Wildman–Crippen LogP) is 1.21. The third kappa shape index (κ3) is 5.95. The van der Waals surface area contributed by atoms with Crippen molar-refractivity contribution in [1.29, 1.82) is 0 Å². The van der Waals surface area contributed by atoms with Crippen molar-refractivity contribution in [2.75, 3.05) is 43.4 Å². The first kappa shape index (κ1) is 22.0. The number of benzene rings is 1. The fourth-order valence-corrected chi connectivity index (χ4v) is 6.09. The smallest absolute Gasteiger partial charge is 0.277 e. The molecule has 1 amide bonds. The zero-order valence-corrected chi connectivity index (χ0v) is 18.4. The summed E-state index contributed by atoms with van der Waals surface area (Å²) >= 11 is 1.16. The van der Waals surface area contributed by atoms with E-state index in [2.05, 4.69) is 15.1 Å². The topological polar surface area (TPSA) is 106 Å². The van der Waals surface area contributed by atoms with E-state index >= 15 is 0 Å². The average Bonchev–Trinajstić information content (AvgIpc) is 3.37. The van der Waals surface area contributed by atoms with Gasteiger partial charge in [-0.15, -0.1) is 10.2 Å². The Bertz CT molecular complexity index is 1010. The molecule has 2 aromatic rings. The number of hydrogen-bond acceptors (Lipinski definition) is 9. The zero-order chi connectivity index (χ0) is 21.8. The molecule has 0 aliphatic carbocycles. The van der Waals surface area contributed by atoms with Crippen molar-refractivity contribution in [1.82, 2.24) is 20.0 Å². The highest BCUT2D eigenvalue weighted by Crippen LogP contribution is 2.21. The van der Waals surface area contributed by atoms with Crippen molar-refractivity contribution in [3.05, 3.63) is 36.0 Å². The molecule has 0 N–H and O–H groups in total. The van der Waals surface area contributed by atoms with Crippen LogP contribution in [0.5, 0.6) is 5.75 Å². The predicted molar refractivity (Wildman–Crippen MR) is 111 cm³/mol. The molecule has 2 saturated heterocycles. The first-order chi connectivity index (χ1) is 14.9. The Morgan fingerprint density at radius 1 is 1.19 bits per heavy atom. The van der Waals surface area contributed by atoms with Crippen LogP contribution >= 0.6 is 11.8 Å². The Kier molecular flexibility index (Phi) is 6.77. The monoisotopic (exact) mass is 470 g/mol. The van der Waals surface area contributed by atoms with Crippen LogP contribution in [0.15, 0.2) is 33.9 Å². The van der Waals surface area contributed by atoms with Crippen molar-refractivity contribution >= 4 is 27.5 Å². The van der Waals surface area contributed by atoms with E-state index < -0.39 is 9.84 Å². The Labute approximate surface area is 183 Å². The van der Waals surface area contributed by atoms with Crippen molar-refractivity contribution in [3.63, 3.8) is 0 Å². The number of nitrogens with zero attached hydrogens (tertiary/aromatic N) is 4. The van der Waals surface area contributed by atoms with E-state index in [4.69, 9.17) is 9.15 Å². The molecule has 0 spiro atoms. The fourth-order valence-electron chi connectivity index (χ4n) is 3.65. The second-order valence-corrected chi connectivity index (χ2v) is 10.6. The van der Waals surface area contributed by atoms with E-state index in [1.165, 1.54) is 24.3 Å². The molecule has 2 aliphatic heterocycles. The first-order valence-corrected chi connectivity index (χ1v) is 12.7. The minimum absolute atomic E-state index is 0.0222. The van der Waals surface area contributed by atoms with Gasteiger partial charge < -0.3 is 14.1 Å². The van der Waals surface area contributed by atoms with Gasteiger partial charge in [-0.2, -0.15) is 0 Å². The van der Waals surface area contributed by atoms with E-state index in [0.717, 1.165) is 11.8 Å². The number of aromatic nitrogens is 2. The van der Waals surface area contributed by atoms with E-state index in [-0.39, 0.29) is 52.7 Å². The lowest BCUT2D eigenvalue weighted by Gasteiger charge is -2.37. The highest BCUT2D eigenvalue weighted by Gasteiger charge is 2.34. The summed E-state index contributed by atoms with van der Waals surface area (Å²) in [6, 6.07) is 5.68. The summed E-state index contributed by atoms with van der Waals surface area (Å²) < 4.78 is 47.2. The summed E-state index contributed by atoms with van der Waals surface area (Å²) in [6.45, 7) is 2.57. The van der Waals surface area contributed by atoms with Gasteiger partial charge >= 0.3 is 0 Å². The van der Waals surface area contributed by atoms with Crippen LogP contribution in [0, 0.1) is 5.82 Å². The maximum absolute atomic E-state index is 12.9. The number of carbonyl (C=O) groups is 1. The Morgan fingerprint density at radius 3 is 2.61 bits per heavy atom. The van der Waals surface area contributed by atoms with Crippen molar-refractivity contribution < 1.29 is 26.8 Å². The summed E-state index contributed by atoms with van der Waals surface area (Å²) in [5.74, 6) is 1.04. The lowest BCUT2D eigenvalue weighted by Crippen LogP contribution is -2.52. The zero-order valence-electron chi connectivity index (χ0n) is 16.8. The van der Waals surface area contributed by atoms with E-state index in [9.17, 15) is 17.6 Å². The normalized spacial score (nSPS) is 21.3. The van der Waals surface area contributed by atoms with Gasteiger partial charge in [0.2, 0.25) is 5.91 Å². The number of amides is 1. The average molecular weight is 471 g/mol. The molecular weight excluding hydrogens is 447 g/mol. The molecule has 168 valence electrons. The number of sulfone groups is 1. The Morgan fingerprint density at radius 2 is 1.94 bits per heavy atom. The number of thioether (sulfide) groups is 1. The summed E-state index contributed by atoms with van der Waals surface area (Å²) in [4.78, 5) is 16.4. The van der Waals surface area contributed by atoms with Crippen LogP contribution in [0.4, 0.5) is 4.39 Å². The lowest BCUT2D eigenvalue weighted by molar-refractivity contribution is -0.130. The van der Waals surface area contributed by atoms with E-state index in [1.54, 1.807) is 4.90 Å². The van der Waals surface area contributed by atoms with Crippen molar-refractivity contribution in [2.24, 2.45) is 0 Å². The van der Waals surface area contributed by atoms with Crippen LogP contribution < -0.4 is 4.74 Å². The molecule has 1 atom stereocenters. The molecule has 1 aromatic heterocycles. The quantitative estimate of drug-likeness (QED) is 0.552. The molecule has 4 rings (SSSR count). The highest BCUT2D eigenvalue weighted by atomic mass is 32.2. The van der Waals surface area contributed by atoms with Crippen LogP contribution in [-0.4, -0.2) is 83.8 Å². The molecule has 12 heteroatoms. The number of piperazine rings is 1. The van der Waals surface area contributed by atoms with Crippen molar-refractivity contribution in [3.8, 4) is 5.75 Å². The highest BCUT2D eigenvalue weighted by molar-refractivity contribution is 7.99. The third-order valence-corrected chi connectivity index (χ3v) is 7.89. The van der Waals surface area contributed by atoms with Gasteiger partial charge in [0.05, 0.1) is 17.3 Å². The second kappa shape index (κ2) is 9.53. The molecule has 1 aromatic carbocycles. The van der Waals surface area contributed by atoms with Gasteiger partial charge in [0.15, 0.2) is 16.4 Å². The van der Waals surface area contributed by atoms with Crippen molar-refractivity contribution in [2.45, 2.75) is 24.3 Å². The van der Waals surface area contributed by atoms with Crippen LogP contribution in [-0.2, 0) is 21.2 Å². The van der Waals surface area contributed by atoms with Crippen LogP contribution in [0.25, 0.3) is 0 Å². The Hall–Kier alpha value is -2.18. The summed E-state index contributed by atoms with van der Waals surface area (Å²) in [7, 11) is -2.91. The number of carbonyl (C=O) groups excluding carboxylic acids is 1. The number of rotatable bonds is 7. The maximum atomic E-state index is 12.9. The molecule has 0 radical (unpaired) electrons. The third-order valence-electron chi connectivity index (χ3n) is 5.34. The number of hydrogen-bond donors (Lipinski definition) is 0. The lowest BCUT2D eigenvalue weighted by atomic mass is 10.2. The minimum Gasteiger partial charge on any atom is -0.484 e. The van der Waals surface area contributed by atoms with Gasteiger partial charge in [0, 0.05) is 32.2 Å². The standard InChI is InChI=1S/C19H23FN4O5S2/c20-14-1-3-16(4-2-14)28-11-17-21-22-19(29-17)30-12-18(25)24-8-6-23(7-9-24)15-5-10-31(26,27)13-15/h1-4,15H,5-13H2. The second-order valence-electron chi connectivity index (χ2n) is 7.47. The molecule has 0 bridgehead atoms. The molecule has 1 unspecified atom stereocenters. The van der Waals surface area contributed by atoms with E-state index in [1.807, 2.05) is 0 Å². The first-order valence-electron chi connectivity index (χ1n) is 9.94. The minimum atomic E-state index is -2.91. The van der Waals surface area contributed by atoms with Gasteiger partial charge in [-0.25, -0.2) is 12.8 Å². The van der Waals surface area contributed by atoms with Crippen LogP contribution in [0.3, 0.4) is 0 Å². The largest absolute Gasteiger partial charge is 0.484 e. The van der Waals surface area contributed by atoms with Gasteiger partial charge in [0.25, 0.3) is 11.1 Å². The molecule has 31 heavy (non-hydrogen) atoms. The maximum Gasteiger partial charge on any atom is 0.277 e. The SMILES string of the molecule is O=C(CSc1nnc(COc2ccc(F)cc2)o1)N1CCN(C2CCS(=O)(=O)C2)CC1. The molecule has 9 nitrogen and oxygen atoms in total. The van der Waals surface area contributed by atoms with Gasteiger partial charge in [-0.05, 0) is 30.7 Å². The molecule has 2 fully saturated rings. The van der Waals surface area contributed by atoms with Gasteiger partial charge in [0.1, 0.15) is 11.6 Å². The molecule has 2 aliphatic rings. The number of ether oxygens (including phenoxy) is 1. The molecule has 3 heterocycles. The van der Waals surface area contributed by atoms with Crippen LogP contribution in [0.2, 0.25) is 0 Å². The molecule has 0 saturated carbocycles. The summed E-state index contributed by atoms with van der Waals surface area (Å²) in [5.41, 5.74) is 0. The van der Waals surface area contributed by atoms with Gasteiger partial charge in [-0.3, -0.25) is 9.69 Å². The summed E-state index contributed by atoms with van der Waals surface area (Å²) in [5, 5.41) is 8.07. The van der Waals surface area contributed by atoms with E-state index in [0.29, 0.717) is 38.3 Å². The van der Waals surface area contributed by atoms with Crippen LogP contribution in [0.1, 0.15) is 12.3 Å². The number of halogens is 1. The Balaban J connectivity index is 1.18. The van der Waals surface area contributed by atoms with Gasteiger partial charge in [-0.1, -0.05) is 11.8 Å². The molecular formula is C19H23FN4O5S2. The summed E-state index contributed by atoms with van der Waals surface area (Å²) in [6.07, 6.45) is 0.677. The fraction of sp³-hybridized carbons (Fsp3) is 0.526.